The number of fused-ring (bicyclic) bond motifs is 1. The van der Waals surface area contributed by atoms with Crippen molar-refractivity contribution in [2.45, 2.75) is 19.2 Å². The smallest absolute Gasteiger partial charge is 0.486 e. The fourth-order valence-corrected chi connectivity index (χ4v) is 3.61. The number of hydrogen-bond donors (Lipinski definition) is 0. The second-order valence-corrected chi connectivity index (χ2v) is 7.75. The highest BCUT2D eigenvalue weighted by atomic mass is 19.4. The van der Waals surface area contributed by atoms with Crippen LogP contribution in [0.4, 0.5) is 26.3 Å². The van der Waals surface area contributed by atoms with Crippen molar-refractivity contribution in [1.82, 2.24) is 9.97 Å². The zero-order valence-corrected chi connectivity index (χ0v) is 18.6. The van der Waals surface area contributed by atoms with Crippen molar-refractivity contribution in [1.29, 1.82) is 0 Å². The summed E-state index contributed by atoms with van der Waals surface area (Å²) in [6.07, 6.45) is -0.529. The highest BCUT2D eigenvalue weighted by molar-refractivity contribution is 5.87. The summed E-state index contributed by atoms with van der Waals surface area (Å²) in [5.74, 6) is -4.10. The molecule has 0 spiro atoms. The molecule has 4 rings (SSSR count). The van der Waals surface area contributed by atoms with E-state index in [-0.39, 0.29) is 24.0 Å². The first-order valence-corrected chi connectivity index (χ1v) is 10.7. The molecule has 0 atom stereocenters. The second-order valence-electron chi connectivity index (χ2n) is 7.75. The Morgan fingerprint density at radius 3 is 2.22 bits per heavy atom. The molecule has 0 saturated carbocycles. The van der Waals surface area contributed by atoms with Crippen molar-refractivity contribution in [3.63, 3.8) is 0 Å². The van der Waals surface area contributed by atoms with Crippen LogP contribution in [0.15, 0.2) is 67.5 Å². The van der Waals surface area contributed by atoms with Crippen LogP contribution in [-0.4, -0.2) is 22.9 Å². The Balaban J connectivity index is 1.51. The average Bonchev–Trinajstić information content (AvgIpc) is 2.84. The van der Waals surface area contributed by atoms with E-state index in [1.165, 1.54) is 12.4 Å². The highest BCUT2D eigenvalue weighted by Crippen LogP contribution is 2.31. The van der Waals surface area contributed by atoms with Crippen LogP contribution in [0.3, 0.4) is 0 Å². The fraction of sp³-hybridized carbons (Fsp3) is 0.154. The predicted molar refractivity (Wildman–Crippen MR) is 121 cm³/mol. The molecule has 36 heavy (non-hydrogen) atoms. The van der Waals surface area contributed by atoms with Crippen LogP contribution in [-0.2, 0) is 12.8 Å². The monoisotopic (exact) mass is 504 g/mol. The van der Waals surface area contributed by atoms with E-state index < -0.39 is 29.6 Å². The van der Waals surface area contributed by atoms with Crippen LogP contribution in [0, 0.1) is 17.5 Å². The Morgan fingerprint density at radius 2 is 1.58 bits per heavy atom. The minimum absolute atomic E-state index is 0.00520. The third-order valence-corrected chi connectivity index (χ3v) is 5.25. The molecule has 1 heterocycles. The van der Waals surface area contributed by atoms with Gasteiger partial charge in [0.25, 0.3) is 0 Å². The largest absolute Gasteiger partial charge is 0.573 e. The van der Waals surface area contributed by atoms with Gasteiger partial charge in [-0.1, -0.05) is 36.9 Å². The van der Waals surface area contributed by atoms with Crippen LogP contribution in [0.2, 0.25) is 0 Å². The summed E-state index contributed by atoms with van der Waals surface area (Å²) >= 11 is 0. The first-order chi connectivity index (χ1) is 17.1. The maximum absolute atomic E-state index is 15.1. The Kier molecular flexibility index (Phi) is 7.14. The highest BCUT2D eigenvalue weighted by Gasteiger charge is 2.34. The van der Waals surface area contributed by atoms with Gasteiger partial charge in [0.1, 0.15) is 12.4 Å². The Morgan fingerprint density at radius 1 is 0.889 bits per heavy atom. The first-order valence-electron chi connectivity index (χ1n) is 10.7. The number of alkyl halides is 3. The zero-order valence-electron chi connectivity index (χ0n) is 18.6. The first kappa shape index (κ1) is 25.0. The summed E-state index contributed by atoms with van der Waals surface area (Å²) in [6, 6.07) is 9.69. The molecule has 0 fully saturated rings. The molecule has 0 bridgehead atoms. The standard InChI is InChI=1S/C26H18F6N2O2/c1-2-9-35-19-13-33-25(34-14-19)18-7-8-20-17(12-18)6-5-16(23(20)29)4-3-15-10-21(27)24(22(28)11-15)36-26(30,31)32/h2,5-8,10-14H,1,3-4,9H2. The van der Waals surface area contributed by atoms with Crippen molar-refractivity contribution in [3.05, 3.63) is 96.1 Å². The maximum atomic E-state index is 15.1. The maximum Gasteiger partial charge on any atom is 0.573 e. The van der Waals surface area contributed by atoms with Gasteiger partial charge in [-0.2, -0.15) is 0 Å². The van der Waals surface area contributed by atoms with Crippen molar-refractivity contribution in [3.8, 4) is 22.9 Å². The molecule has 3 aromatic carbocycles. The van der Waals surface area contributed by atoms with Crippen LogP contribution in [0.25, 0.3) is 22.2 Å². The Bertz CT molecular complexity index is 1380. The minimum atomic E-state index is -5.23. The molecule has 0 unspecified atom stereocenters. The molecule has 186 valence electrons. The molecular weight excluding hydrogens is 486 g/mol. The third kappa shape index (κ3) is 5.76. The van der Waals surface area contributed by atoms with E-state index in [4.69, 9.17) is 4.74 Å². The number of ether oxygens (including phenoxy) is 2. The Labute approximate surface area is 201 Å². The van der Waals surface area contributed by atoms with Crippen LogP contribution in [0.1, 0.15) is 11.1 Å². The lowest BCUT2D eigenvalue weighted by molar-refractivity contribution is -0.276. The van der Waals surface area contributed by atoms with Crippen LogP contribution in [0.5, 0.6) is 11.5 Å². The number of rotatable bonds is 8. The molecular formula is C26H18F6N2O2. The number of nitrogens with zero attached hydrogens (tertiary/aromatic N) is 2. The van der Waals surface area contributed by atoms with E-state index in [0.717, 1.165) is 12.1 Å². The summed E-state index contributed by atoms with van der Waals surface area (Å²) in [4.78, 5) is 8.51. The van der Waals surface area contributed by atoms with Gasteiger partial charge in [0, 0.05) is 10.9 Å². The lowest BCUT2D eigenvalue weighted by Crippen LogP contribution is -2.19. The molecule has 0 amide bonds. The molecule has 4 aromatic rings. The van der Waals surface area contributed by atoms with Gasteiger partial charge in [-0.05, 0) is 47.6 Å². The number of aryl methyl sites for hydroxylation is 2. The van der Waals surface area contributed by atoms with Gasteiger partial charge in [0.05, 0.1) is 12.4 Å². The van der Waals surface area contributed by atoms with Crippen molar-refractivity contribution in [2.75, 3.05) is 6.61 Å². The molecule has 1 aromatic heterocycles. The van der Waals surface area contributed by atoms with E-state index in [1.54, 1.807) is 36.4 Å². The molecule has 0 saturated heterocycles. The van der Waals surface area contributed by atoms with Crippen LogP contribution < -0.4 is 9.47 Å². The quantitative estimate of drug-likeness (QED) is 0.192. The van der Waals surface area contributed by atoms with Gasteiger partial charge < -0.3 is 9.47 Å². The third-order valence-electron chi connectivity index (χ3n) is 5.25. The summed E-state index contributed by atoms with van der Waals surface area (Å²) < 4.78 is 88.7. The van der Waals surface area contributed by atoms with Gasteiger partial charge in [-0.3, -0.25) is 0 Å². The zero-order chi connectivity index (χ0) is 25.9. The molecule has 0 aliphatic heterocycles. The average molecular weight is 504 g/mol. The van der Waals surface area contributed by atoms with Gasteiger partial charge in [-0.25, -0.2) is 23.1 Å². The molecule has 0 aliphatic rings. The van der Waals surface area contributed by atoms with E-state index in [9.17, 15) is 22.0 Å². The summed E-state index contributed by atoms with van der Waals surface area (Å²) in [5.41, 5.74) is 1.01. The lowest BCUT2D eigenvalue weighted by atomic mass is 9.98. The number of hydrogen-bond acceptors (Lipinski definition) is 4. The molecule has 10 heteroatoms. The summed E-state index contributed by atoms with van der Waals surface area (Å²) in [5, 5.41) is 0.920. The number of benzene rings is 3. The van der Waals surface area contributed by atoms with Gasteiger partial charge >= 0.3 is 6.36 Å². The van der Waals surface area contributed by atoms with Gasteiger partial charge in [0.2, 0.25) is 5.75 Å². The van der Waals surface area contributed by atoms with E-state index in [2.05, 4.69) is 21.3 Å². The SMILES string of the molecule is C=CCOc1cnc(-c2ccc3c(F)c(CCc4cc(F)c(OC(F)(F)F)c(F)c4)ccc3c2)nc1. The fourth-order valence-electron chi connectivity index (χ4n) is 3.61. The lowest BCUT2D eigenvalue weighted by Gasteiger charge is -2.12. The van der Waals surface area contributed by atoms with E-state index >= 15 is 4.39 Å². The molecule has 0 radical (unpaired) electrons. The van der Waals surface area contributed by atoms with Crippen molar-refractivity contribution >= 4 is 10.8 Å². The van der Waals surface area contributed by atoms with Gasteiger partial charge in [0.15, 0.2) is 23.2 Å². The molecule has 0 N–H and O–H groups in total. The number of halogens is 6. The summed E-state index contributed by atoms with van der Waals surface area (Å²) in [6.45, 7) is 3.89. The van der Waals surface area contributed by atoms with Crippen LogP contribution >= 0.6 is 0 Å². The Hall–Kier alpha value is -4.08. The normalized spacial score (nSPS) is 11.5. The minimum Gasteiger partial charge on any atom is -0.486 e. The second kappa shape index (κ2) is 10.3. The van der Waals surface area contributed by atoms with E-state index in [1.807, 2.05) is 0 Å². The molecule has 0 aliphatic carbocycles. The van der Waals surface area contributed by atoms with E-state index in [0.29, 0.717) is 34.5 Å². The number of aromatic nitrogens is 2. The predicted octanol–water partition coefficient (Wildman–Crippen LogP) is 6.96. The van der Waals surface area contributed by atoms with Crippen molar-refractivity contribution < 1.29 is 35.8 Å². The topological polar surface area (TPSA) is 44.2 Å². The van der Waals surface area contributed by atoms with Gasteiger partial charge in [-0.15, -0.1) is 13.2 Å². The summed E-state index contributed by atoms with van der Waals surface area (Å²) in [7, 11) is 0. The molecule has 4 nitrogen and oxygen atoms in total. The van der Waals surface area contributed by atoms with Crippen molar-refractivity contribution in [2.24, 2.45) is 0 Å².